The lowest BCUT2D eigenvalue weighted by molar-refractivity contribution is -0.162. The molecule has 0 aliphatic carbocycles. The quantitative estimate of drug-likeness (QED) is 0.254. The molecule has 1 saturated heterocycles. The van der Waals surface area contributed by atoms with E-state index in [1.807, 2.05) is 0 Å². The van der Waals surface area contributed by atoms with Crippen molar-refractivity contribution in [1.82, 2.24) is 0 Å². The number of rotatable bonds is 11. The highest BCUT2D eigenvalue weighted by Crippen LogP contribution is 2.36. The highest BCUT2D eigenvalue weighted by Gasteiger charge is 2.23. The lowest BCUT2D eigenvalue weighted by Crippen LogP contribution is -2.22. The lowest BCUT2D eigenvalue weighted by Gasteiger charge is -2.22. The van der Waals surface area contributed by atoms with E-state index in [2.05, 4.69) is 0 Å². The number of thiophene rings is 1. The van der Waals surface area contributed by atoms with Gasteiger partial charge in [0.15, 0.2) is 12.1 Å². The number of carbonyl (C=O) groups excluding carboxylic acids is 2. The second-order valence-corrected chi connectivity index (χ2v) is 9.03. The summed E-state index contributed by atoms with van der Waals surface area (Å²) in [5.41, 5.74) is 0.477. The number of fused-ring (bicyclic) bond motifs is 1. The van der Waals surface area contributed by atoms with Gasteiger partial charge in [0.25, 0.3) is 0 Å². The van der Waals surface area contributed by atoms with Crippen LogP contribution in [0.1, 0.15) is 61.2 Å². The first-order valence-electron chi connectivity index (χ1n) is 11.2. The average Bonchev–Trinajstić information content (AvgIpc) is 3.23. The molecule has 1 aliphatic heterocycles. The fourth-order valence-electron chi connectivity index (χ4n) is 3.77. The Morgan fingerprint density at radius 2 is 2.12 bits per heavy atom. The molecule has 1 aromatic heterocycles. The van der Waals surface area contributed by atoms with E-state index in [1.165, 1.54) is 18.4 Å². The molecule has 6 nitrogen and oxygen atoms in total. The predicted octanol–water partition coefficient (Wildman–Crippen LogP) is 5.30. The van der Waals surface area contributed by atoms with Crippen molar-refractivity contribution >= 4 is 33.2 Å². The van der Waals surface area contributed by atoms with Gasteiger partial charge in [0, 0.05) is 28.7 Å². The van der Waals surface area contributed by atoms with E-state index < -0.39 is 11.9 Å². The minimum atomic E-state index is -0.546. The van der Waals surface area contributed by atoms with Gasteiger partial charge in [-0.15, -0.1) is 11.3 Å². The van der Waals surface area contributed by atoms with Crippen molar-refractivity contribution in [3.8, 4) is 5.75 Å². The van der Waals surface area contributed by atoms with Gasteiger partial charge in [-0.3, -0.25) is 9.59 Å². The van der Waals surface area contributed by atoms with E-state index in [-0.39, 0.29) is 30.9 Å². The van der Waals surface area contributed by atoms with Crippen LogP contribution in [0.15, 0.2) is 12.1 Å². The lowest BCUT2D eigenvalue weighted by atomic mass is 10.0. The molecule has 0 N–H and O–H groups in total. The monoisotopic (exact) mass is 466 g/mol. The van der Waals surface area contributed by atoms with E-state index in [0.29, 0.717) is 45.7 Å². The van der Waals surface area contributed by atoms with Gasteiger partial charge in [0.1, 0.15) is 11.6 Å². The molecule has 2 aromatic rings. The van der Waals surface area contributed by atoms with Crippen LogP contribution >= 0.6 is 11.3 Å². The number of hydrogen-bond donors (Lipinski definition) is 0. The number of esters is 1. The van der Waals surface area contributed by atoms with Crippen molar-refractivity contribution in [2.45, 2.75) is 58.7 Å². The van der Waals surface area contributed by atoms with Crippen LogP contribution in [0.25, 0.3) is 10.1 Å². The molecular formula is C24H31FO6S. The standard InChI is InChI=1S/C24H31FO6S/c1-4-29-24(27)15(2)12-18(26)21-13-17-20(32-21)14-19(28-3)16(23(17)25)8-7-11-31-22-9-5-6-10-30-22/h13-15,22H,4-12H2,1-3H3/t15-,22?/m0/s1. The maximum absolute atomic E-state index is 15.3. The molecule has 1 aliphatic rings. The van der Waals surface area contributed by atoms with E-state index in [1.54, 1.807) is 26.0 Å². The molecule has 0 bridgehead atoms. The molecule has 0 spiro atoms. The number of benzene rings is 1. The van der Waals surface area contributed by atoms with Gasteiger partial charge in [-0.25, -0.2) is 4.39 Å². The highest BCUT2D eigenvalue weighted by molar-refractivity contribution is 7.20. The highest BCUT2D eigenvalue weighted by atomic mass is 32.1. The fourth-order valence-corrected chi connectivity index (χ4v) is 4.80. The van der Waals surface area contributed by atoms with Crippen LogP contribution in [-0.2, 0) is 25.4 Å². The van der Waals surface area contributed by atoms with E-state index in [9.17, 15) is 9.59 Å². The fraction of sp³-hybridized carbons (Fsp3) is 0.583. The van der Waals surface area contributed by atoms with Crippen molar-refractivity contribution in [1.29, 1.82) is 0 Å². The summed E-state index contributed by atoms with van der Waals surface area (Å²) < 4.78 is 37.7. The van der Waals surface area contributed by atoms with E-state index in [4.69, 9.17) is 18.9 Å². The topological polar surface area (TPSA) is 71.1 Å². The Balaban J connectivity index is 1.69. The minimum absolute atomic E-state index is 0.0256. The van der Waals surface area contributed by atoms with Crippen LogP contribution < -0.4 is 4.74 Å². The molecule has 32 heavy (non-hydrogen) atoms. The Kier molecular flexibility index (Phi) is 9.02. The molecule has 2 heterocycles. The van der Waals surface area contributed by atoms with Gasteiger partial charge in [0.05, 0.1) is 31.1 Å². The average molecular weight is 467 g/mol. The summed E-state index contributed by atoms with van der Waals surface area (Å²) in [7, 11) is 1.51. The molecule has 8 heteroatoms. The molecule has 0 amide bonds. The van der Waals surface area contributed by atoms with Crippen LogP contribution in [0.5, 0.6) is 5.75 Å². The zero-order chi connectivity index (χ0) is 23.1. The molecule has 176 valence electrons. The zero-order valence-electron chi connectivity index (χ0n) is 18.9. The van der Waals surface area contributed by atoms with Gasteiger partial charge < -0.3 is 18.9 Å². The predicted molar refractivity (Wildman–Crippen MR) is 121 cm³/mol. The van der Waals surface area contributed by atoms with Crippen molar-refractivity contribution in [3.63, 3.8) is 0 Å². The Morgan fingerprint density at radius 1 is 1.31 bits per heavy atom. The summed E-state index contributed by atoms with van der Waals surface area (Å²) in [5, 5.41) is 0.398. The van der Waals surface area contributed by atoms with Crippen molar-refractivity contribution in [2.24, 2.45) is 5.92 Å². The van der Waals surface area contributed by atoms with Gasteiger partial charge in [-0.2, -0.15) is 0 Å². The number of ketones is 1. The molecular weight excluding hydrogens is 435 g/mol. The van der Waals surface area contributed by atoms with Crippen LogP contribution in [0.3, 0.4) is 0 Å². The van der Waals surface area contributed by atoms with E-state index >= 15 is 4.39 Å². The number of halogens is 1. The van der Waals surface area contributed by atoms with Gasteiger partial charge >= 0.3 is 5.97 Å². The van der Waals surface area contributed by atoms with Gasteiger partial charge in [-0.05, 0) is 51.2 Å². The number of hydrogen-bond acceptors (Lipinski definition) is 7. The number of ether oxygens (including phenoxy) is 4. The second-order valence-electron chi connectivity index (χ2n) is 7.94. The van der Waals surface area contributed by atoms with Gasteiger partial charge in [-0.1, -0.05) is 6.92 Å². The summed E-state index contributed by atoms with van der Waals surface area (Å²) in [6.07, 6.45) is 4.00. The normalized spacial score (nSPS) is 17.3. The van der Waals surface area contributed by atoms with Crippen LogP contribution in [0, 0.1) is 11.7 Å². The Bertz CT molecular complexity index is 934. The Hall–Kier alpha value is -2.03. The summed E-state index contributed by atoms with van der Waals surface area (Å²) in [5.74, 6) is -1.06. The third kappa shape index (κ3) is 6.05. The maximum Gasteiger partial charge on any atom is 0.309 e. The third-order valence-corrected chi connectivity index (χ3v) is 6.63. The first-order chi connectivity index (χ1) is 15.4. The molecule has 1 fully saturated rings. The number of methoxy groups -OCH3 is 1. The van der Waals surface area contributed by atoms with Crippen molar-refractivity contribution < 1.29 is 32.9 Å². The summed E-state index contributed by atoms with van der Waals surface area (Å²) >= 11 is 1.21. The number of carbonyl (C=O) groups is 2. The summed E-state index contributed by atoms with van der Waals surface area (Å²) in [4.78, 5) is 24.9. The zero-order valence-corrected chi connectivity index (χ0v) is 19.7. The smallest absolute Gasteiger partial charge is 0.309 e. The molecule has 2 atom stereocenters. The van der Waals surface area contributed by atoms with Crippen LogP contribution in [-0.4, -0.2) is 45.0 Å². The van der Waals surface area contributed by atoms with Gasteiger partial charge in [0.2, 0.25) is 0 Å². The molecule has 3 rings (SSSR count). The summed E-state index contributed by atoms with van der Waals surface area (Å²) in [6, 6.07) is 3.35. The van der Waals surface area contributed by atoms with E-state index in [0.717, 1.165) is 25.9 Å². The maximum atomic E-state index is 15.3. The Morgan fingerprint density at radius 3 is 2.81 bits per heavy atom. The molecule has 0 radical (unpaired) electrons. The molecule has 1 aromatic carbocycles. The summed E-state index contributed by atoms with van der Waals surface area (Å²) in [6.45, 7) is 4.85. The first-order valence-corrected chi connectivity index (χ1v) is 12.0. The van der Waals surface area contributed by atoms with Crippen LogP contribution in [0.4, 0.5) is 4.39 Å². The molecule has 1 unspecified atom stereocenters. The Labute approximate surface area is 192 Å². The SMILES string of the molecule is CCOC(=O)[C@@H](C)CC(=O)c1cc2c(F)c(CCCOC3CCCCO3)c(OC)cc2s1. The minimum Gasteiger partial charge on any atom is -0.496 e. The largest absolute Gasteiger partial charge is 0.496 e. The van der Waals surface area contributed by atoms with Crippen molar-refractivity contribution in [3.05, 3.63) is 28.4 Å². The van der Waals surface area contributed by atoms with Crippen LogP contribution in [0.2, 0.25) is 0 Å². The third-order valence-electron chi connectivity index (χ3n) is 5.51. The second kappa shape index (κ2) is 11.7. The number of Topliss-reactive ketones (excluding diaryl/α,β-unsaturated/α-hetero) is 1. The van der Waals surface area contributed by atoms with Crippen molar-refractivity contribution in [2.75, 3.05) is 26.9 Å². The molecule has 0 saturated carbocycles. The first kappa shape index (κ1) is 24.6.